The van der Waals surface area contributed by atoms with Crippen molar-refractivity contribution in [1.29, 1.82) is 0 Å². The van der Waals surface area contributed by atoms with Gasteiger partial charge in [0.1, 0.15) is 11.4 Å². The molecule has 164 valence electrons. The van der Waals surface area contributed by atoms with Gasteiger partial charge in [0.2, 0.25) is 0 Å². The first kappa shape index (κ1) is 21.2. The minimum atomic E-state index is -1.24. The van der Waals surface area contributed by atoms with Gasteiger partial charge in [-0.25, -0.2) is 9.18 Å². The molecule has 0 spiro atoms. The fourth-order valence-electron chi connectivity index (χ4n) is 3.88. The fourth-order valence-corrected chi connectivity index (χ4v) is 3.88. The molecule has 1 unspecified atom stereocenters. The van der Waals surface area contributed by atoms with Crippen molar-refractivity contribution in [1.82, 2.24) is 4.90 Å². The predicted octanol–water partition coefficient (Wildman–Crippen LogP) is 5.80. The number of carbonyl (C=O) groups excluding carboxylic acids is 1. The zero-order valence-corrected chi connectivity index (χ0v) is 18.6. The Hall–Kier alpha value is -3.02. The van der Waals surface area contributed by atoms with Crippen LogP contribution in [0.15, 0.2) is 42.5 Å². The van der Waals surface area contributed by atoms with Crippen molar-refractivity contribution < 1.29 is 23.4 Å². The predicted molar refractivity (Wildman–Crippen MR) is 117 cm³/mol. The normalized spacial score (nSPS) is 20.5. The smallest absolute Gasteiger partial charge is 0.410 e. The molecule has 5 nitrogen and oxygen atoms in total. The van der Waals surface area contributed by atoms with E-state index in [1.165, 1.54) is 6.07 Å². The summed E-state index contributed by atoms with van der Waals surface area (Å²) < 4.78 is 32.4. The van der Waals surface area contributed by atoms with Crippen LogP contribution in [0, 0.1) is 12.7 Å². The molecule has 2 aliphatic heterocycles. The molecule has 0 N–H and O–H groups in total. The number of hydrogen-bond donors (Lipinski definition) is 0. The number of carbonyl (C=O) groups is 1. The van der Waals surface area contributed by atoms with Crippen LogP contribution in [0.5, 0.6) is 11.5 Å². The molecule has 31 heavy (non-hydrogen) atoms. The maximum absolute atomic E-state index is 14.6. The van der Waals surface area contributed by atoms with Crippen molar-refractivity contribution in [2.24, 2.45) is 0 Å². The summed E-state index contributed by atoms with van der Waals surface area (Å²) in [6, 6.07) is 10.7. The average Bonchev–Trinajstić information content (AvgIpc) is 3.03. The number of nitrogens with zero attached hydrogens (tertiary/aromatic N) is 1. The summed E-state index contributed by atoms with van der Waals surface area (Å²) in [5.74, 6) is -0.423. The topological polar surface area (TPSA) is 48.0 Å². The van der Waals surface area contributed by atoms with Gasteiger partial charge in [-0.1, -0.05) is 24.3 Å². The zero-order chi connectivity index (χ0) is 22.4. The minimum absolute atomic E-state index is 0.317. The van der Waals surface area contributed by atoms with E-state index in [4.69, 9.17) is 14.2 Å². The summed E-state index contributed by atoms with van der Waals surface area (Å²) in [6.45, 7) is 10.1. The van der Waals surface area contributed by atoms with Gasteiger partial charge in [-0.15, -0.1) is 0 Å². The van der Waals surface area contributed by atoms with Gasteiger partial charge in [0.05, 0.1) is 5.56 Å². The lowest BCUT2D eigenvalue weighted by Gasteiger charge is -2.30. The monoisotopic (exact) mass is 425 g/mol. The molecule has 4 rings (SSSR count). The number of fused-ring (bicyclic) bond motifs is 1. The molecule has 2 aromatic carbocycles. The Morgan fingerprint density at radius 1 is 1.19 bits per heavy atom. The second-order valence-corrected chi connectivity index (χ2v) is 9.17. The SMILES string of the molecule is Cc1ccc(C2(C)Oc3cccc(C4=CCN(C(=O)OC(C)(C)C)CC4)c3O2)c(F)c1. The van der Waals surface area contributed by atoms with Crippen LogP contribution < -0.4 is 9.47 Å². The van der Waals surface area contributed by atoms with E-state index >= 15 is 0 Å². The number of amides is 1. The summed E-state index contributed by atoms with van der Waals surface area (Å²) in [7, 11) is 0. The highest BCUT2D eigenvalue weighted by atomic mass is 19.1. The van der Waals surface area contributed by atoms with Crippen molar-refractivity contribution in [2.75, 3.05) is 13.1 Å². The summed E-state index contributed by atoms with van der Waals surface area (Å²) in [6.07, 6.45) is 2.35. The van der Waals surface area contributed by atoms with Crippen LogP contribution in [0.25, 0.3) is 5.57 Å². The van der Waals surface area contributed by atoms with Gasteiger partial charge in [0, 0.05) is 25.6 Å². The molecule has 0 aliphatic carbocycles. The Morgan fingerprint density at radius 2 is 1.97 bits per heavy atom. The number of benzene rings is 2. The number of halogens is 1. The van der Waals surface area contributed by atoms with E-state index in [2.05, 4.69) is 0 Å². The molecule has 2 aromatic rings. The molecule has 2 heterocycles. The van der Waals surface area contributed by atoms with Crippen LogP contribution in [-0.2, 0) is 10.5 Å². The highest BCUT2D eigenvalue weighted by Gasteiger charge is 2.42. The maximum atomic E-state index is 14.6. The number of para-hydroxylation sites is 1. The summed E-state index contributed by atoms with van der Waals surface area (Å²) >= 11 is 0. The molecule has 0 aromatic heterocycles. The van der Waals surface area contributed by atoms with E-state index < -0.39 is 11.4 Å². The lowest BCUT2D eigenvalue weighted by atomic mass is 9.98. The van der Waals surface area contributed by atoms with Crippen LogP contribution in [0.4, 0.5) is 9.18 Å². The van der Waals surface area contributed by atoms with Crippen LogP contribution in [-0.4, -0.2) is 29.7 Å². The number of aryl methyl sites for hydroxylation is 1. The van der Waals surface area contributed by atoms with Crippen LogP contribution in [0.2, 0.25) is 0 Å². The Bertz CT molecular complexity index is 1060. The third-order valence-electron chi connectivity index (χ3n) is 5.40. The molecule has 0 saturated carbocycles. The maximum Gasteiger partial charge on any atom is 0.410 e. The highest BCUT2D eigenvalue weighted by Crippen LogP contribution is 2.48. The largest absolute Gasteiger partial charge is 0.444 e. The lowest BCUT2D eigenvalue weighted by molar-refractivity contribution is -0.0708. The summed E-state index contributed by atoms with van der Waals surface area (Å²) in [4.78, 5) is 14.0. The molecule has 6 heteroatoms. The lowest BCUT2D eigenvalue weighted by Crippen LogP contribution is -2.39. The Morgan fingerprint density at radius 3 is 2.61 bits per heavy atom. The molecule has 0 radical (unpaired) electrons. The Labute approximate surface area is 182 Å². The number of ether oxygens (including phenoxy) is 3. The Kier molecular flexibility index (Phi) is 5.20. The second kappa shape index (κ2) is 7.59. The fraction of sp³-hybridized carbons (Fsp3) is 0.400. The van der Waals surface area contributed by atoms with Gasteiger partial charge in [0.15, 0.2) is 11.5 Å². The van der Waals surface area contributed by atoms with E-state index in [0.29, 0.717) is 36.6 Å². The van der Waals surface area contributed by atoms with E-state index in [9.17, 15) is 9.18 Å². The molecule has 0 fully saturated rings. The first-order chi connectivity index (χ1) is 14.6. The first-order valence-electron chi connectivity index (χ1n) is 10.5. The molecule has 2 aliphatic rings. The van der Waals surface area contributed by atoms with E-state index in [-0.39, 0.29) is 11.9 Å². The van der Waals surface area contributed by atoms with Crippen molar-refractivity contribution >= 4 is 11.7 Å². The first-order valence-corrected chi connectivity index (χ1v) is 10.5. The van der Waals surface area contributed by atoms with E-state index in [1.807, 2.05) is 58.0 Å². The van der Waals surface area contributed by atoms with Crippen molar-refractivity contribution in [2.45, 2.75) is 52.4 Å². The molecule has 1 atom stereocenters. The molecule has 0 bridgehead atoms. The van der Waals surface area contributed by atoms with Gasteiger partial charge in [-0.2, -0.15) is 0 Å². The van der Waals surface area contributed by atoms with Crippen molar-refractivity contribution in [3.8, 4) is 11.5 Å². The van der Waals surface area contributed by atoms with Gasteiger partial charge >= 0.3 is 6.09 Å². The molecular weight excluding hydrogens is 397 g/mol. The molecule has 1 amide bonds. The average molecular weight is 426 g/mol. The highest BCUT2D eigenvalue weighted by molar-refractivity contribution is 5.77. The van der Waals surface area contributed by atoms with E-state index in [1.54, 1.807) is 17.9 Å². The molecular formula is C25H28FNO4. The number of rotatable bonds is 2. The third-order valence-corrected chi connectivity index (χ3v) is 5.40. The van der Waals surface area contributed by atoms with Gasteiger partial charge in [0.25, 0.3) is 5.79 Å². The second-order valence-electron chi connectivity index (χ2n) is 9.17. The quantitative estimate of drug-likeness (QED) is 0.610. The van der Waals surface area contributed by atoms with Crippen molar-refractivity contribution in [3.05, 3.63) is 65.0 Å². The van der Waals surface area contributed by atoms with Crippen LogP contribution in [0.1, 0.15) is 50.8 Å². The number of hydrogen-bond acceptors (Lipinski definition) is 4. The van der Waals surface area contributed by atoms with Crippen molar-refractivity contribution in [3.63, 3.8) is 0 Å². The van der Waals surface area contributed by atoms with Gasteiger partial charge in [-0.05, 0) is 63.5 Å². The standard InChI is InChI=1S/C25H28FNO4/c1-16-9-10-19(20(26)15-16)25(5)29-21-8-6-7-18(22(21)30-25)17-11-13-27(14-12-17)23(28)31-24(2,3)4/h6-11,15H,12-14H2,1-5H3. The molecule has 0 saturated heterocycles. The zero-order valence-electron chi connectivity index (χ0n) is 18.6. The van der Waals surface area contributed by atoms with Crippen LogP contribution >= 0.6 is 0 Å². The minimum Gasteiger partial charge on any atom is -0.444 e. The van der Waals surface area contributed by atoms with E-state index in [0.717, 1.165) is 16.7 Å². The van der Waals surface area contributed by atoms with Gasteiger partial charge < -0.3 is 19.1 Å². The van der Waals surface area contributed by atoms with Crippen LogP contribution in [0.3, 0.4) is 0 Å². The summed E-state index contributed by atoms with van der Waals surface area (Å²) in [5, 5.41) is 0. The third kappa shape index (κ3) is 4.24. The Balaban J connectivity index is 1.57. The summed E-state index contributed by atoms with van der Waals surface area (Å²) in [5.41, 5.74) is 2.63. The van der Waals surface area contributed by atoms with Gasteiger partial charge in [-0.3, -0.25) is 0 Å².